The fourth-order valence-corrected chi connectivity index (χ4v) is 8.36. The molecule has 4 amide bonds. The van der Waals surface area contributed by atoms with E-state index in [0.717, 1.165) is 36.3 Å². The summed E-state index contributed by atoms with van der Waals surface area (Å²) in [5.41, 5.74) is 0.187. The van der Waals surface area contributed by atoms with E-state index in [1.807, 2.05) is 53.5 Å². The Kier molecular flexibility index (Phi) is 22.0. The predicted octanol–water partition coefficient (Wildman–Crippen LogP) is 6.56. The summed E-state index contributed by atoms with van der Waals surface area (Å²) in [6, 6.07) is 4.44. The summed E-state index contributed by atoms with van der Waals surface area (Å²) in [7, 11) is 1.91. The summed E-state index contributed by atoms with van der Waals surface area (Å²) in [6.07, 6.45) is 8.94. The van der Waals surface area contributed by atoms with E-state index in [-0.39, 0.29) is 74.0 Å². The normalized spacial score (nSPS) is 16.7. The topological polar surface area (TPSA) is 206 Å². The molecule has 6 atom stereocenters. The van der Waals surface area contributed by atoms with Gasteiger partial charge in [0.2, 0.25) is 11.8 Å². The molecule has 1 saturated heterocycles. The number of nitrogens with one attached hydrogen (secondary N) is 3. The smallest absolute Gasteiger partial charge is 0.309 e. The Balaban J connectivity index is 1.91. The van der Waals surface area contributed by atoms with Crippen molar-refractivity contribution in [1.82, 2.24) is 25.6 Å². The van der Waals surface area contributed by atoms with Gasteiger partial charge in [-0.2, -0.15) is 0 Å². The number of likely N-dealkylation sites (tertiary alicyclic amines) is 1. The van der Waals surface area contributed by atoms with Crippen LogP contribution in [0.3, 0.4) is 0 Å². The van der Waals surface area contributed by atoms with Crippen LogP contribution in [0.1, 0.15) is 141 Å². The van der Waals surface area contributed by atoms with E-state index in [2.05, 4.69) is 26.9 Å². The van der Waals surface area contributed by atoms with Crippen molar-refractivity contribution in [2.45, 2.75) is 156 Å². The number of esters is 1. The summed E-state index contributed by atoms with van der Waals surface area (Å²) in [4.78, 5) is 92.5. The summed E-state index contributed by atoms with van der Waals surface area (Å²) < 4.78 is 11.2. The van der Waals surface area contributed by atoms with Crippen LogP contribution in [-0.4, -0.2) is 113 Å². The zero-order chi connectivity index (χ0) is 48.4. The molecule has 1 aromatic carbocycles. The van der Waals surface area contributed by atoms with Crippen LogP contribution in [0.25, 0.3) is 0 Å². The van der Waals surface area contributed by atoms with E-state index < -0.39 is 53.4 Å². The monoisotopic (exact) mass is 925 g/mol. The Labute approximate surface area is 389 Å². The van der Waals surface area contributed by atoms with Crippen molar-refractivity contribution in [1.29, 1.82) is 0 Å². The number of carbonyl (C=O) groups excluding carboxylic acids is 5. The maximum Gasteiger partial charge on any atom is 0.309 e. The number of nitrogens with zero attached hydrogens (tertiary/aromatic N) is 3. The standard InChI is InChI=1S/C48H72N6O10S/c1-12-14-17-24-63-54(46(59)42(32(7)13-2)52-44(58)38-18-15-16-23-53(38)11)39(30(3)4)26-40(64-33(8)55)45-51-37(29-65-45)43(57)50-36(27-48(9,10)47(60)61)25-34-19-21-35(22-20-34)49-41(56)28-62-31(5)6/h1,19-22,29-32,36,38-40,42H,13-18,23-28H2,2-11H3,(H,49,56)(H,50,57)(H,52,58)(H,60,61)/t32-,36-,38+,39+,40+,42-/m0/s1. The first kappa shape index (κ1) is 54.4. The van der Waals surface area contributed by atoms with Crippen molar-refractivity contribution >= 4 is 52.6 Å². The molecule has 16 nitrogen and oxygen atoms in total. The molecule has 0 aliphatic carbocycles. The number of terminal acetylenes is 1. The number of carboxylic acids is 1. The van der Waals surface area contributed by atoms with Crippen LogP contribution in [0.2, 0.25) is 0 Å². The molecule has 0 unspecified atom stereocenters. The molecule has 0 bridgehead atoms. The second-order valence-electron chi connectivity index (χ2n) is 18.3. The zero-order valence-corrected chi connectivity index (χ0v) is 40.8. The van der Waals surface area contributed by atoms with Crippen molar-refractivity contribution < 1.29 is 48.2 Å². The number of ether oxygens (including phenoxy) is 2. The highest BCUT2D eigenvalue weighted by atomic mass is 32.1. The maximum atomic E-state index is 14.8. The number of rotatable bonds is 26. The Hall–Kier alpha value is -4.89. The number of carboxylic acid groups (broad SMARTS) is 1. The molecule has 1 aliphatic rings. The number of hydrogen-bond acceptors (Lipinski definition) is 12. The first-order chi connectivity index (χ1) is 30.7. The number of likely N-dealkylation sites (N-methyl/N-ethyl adjacent to an activating group) is 1. The van der Waals surface area contributed by atoms with Gasteiger partial charge in [-0.1, -0.05) is 52.7 Å². The molecule has 65 heavy (non-hydrogen) atoms. The third-order valence-corrected chi connectivity index (χ3v) is 12.5. The lowest BCUT2D eigenvalue weighted by Gasteiger charge is -2.39. The number of benzene rings is 1. The van der Waals surface area contributed by atoms with E-state index >= 15 is 0 Å². The molecule has 17 heteroatoms. The average Bonchev–Trinajstić information content (AvgIpc) is 3.74. The molecular formula is C48H72N6O10S. The first-order valence-corrected chi connectivity index (χ1v) is 23.6. The van der Waals surface area contributed by atoms with Crippen LogP contribution >= 0.6 is 11.3 Å². The van der Waals surface area contributed by atoms with Crippen molar-refractivity contribution in [2.75, 3.05) is 32.1 Å². The zero-order valence-electron chi connectivity index (χ0n) is 39.9. The minimum Gasteiger partial charge on any atom is -0.481 e. The Morgan fingerprint density at radius 1 is 1.06 bits per heavy atom. The van der Waals surface area contributed by atoms with Gasteiger partial charge in [-0.15, -0.1) is 23.7 Å². The van der Waals surface area contributed by atoms with E-state index in [1.165, 1.54) is 12.0 Å². The minimum absolute atomic E-state index is 0.0359. The van der Waals surface area contributed by atoms with Crippen LogP contribution in [0, 0.1) is 29.6 Å². The fraction of sp³-hybridized carbons (Fsp3) is 0.646. The summed E-state index contributed by atoms with van der Waals surface area (Å²) in [5.74, 6) is -1.03. The lowest BCUT2D eigenvalue weighted by Crippen LogP contribution is -2.58. The van der Waals surface area contributed by atoms with Gasteiger partial charge in [-0.25, -0.2) is 10.0 Å². The van der Waals surface area contributed by atoms with Crippen LogP contribution in [0.15, 0.2) is 29.6 Å². The number of carbonyl (C=O) groups is 6. The molecule has 4 N–H and O–H groups in total. The second-order valence-corrected chi connectivity index (χ2v) is 19.1. The van der Waals surface area contributed by atoms with Gasteiger partial charge in [-0.05, 0) is 103 Å². The van der Waals surface area contributed by atoms with Crippen molar-refractivity contribution in [3.05, 3.63) is 45.9 Å². The number of aromatic nitrogens is 1. The number of anilines is 1. The highest BCUT2D eigenvalue weighted by Crippen LogP contribution is 2.32. The van der Waals surface area contributed by atoms with Gasteiger partial charge in [-0.3, -0.25) is 38.5 Å². The molecule has 2 heterocycles. The van der Waals surface area contributed by atoms with Gasteiger partial charge in [0.05, 0.1) is 30.2 Å². The van der Waals surface area contributed by atoms with Crippen molar-refractivity contribution in [3.8, 4) is 12.3 Å². The van der Waals surface area contributed by atoms with Crippen LogP contribution < -0.4 is 16.0 Å². The third-order valence-electron chi connectivity index (χ3n) is 11.6. The van der Waals surface area contributed by atoms with E-state index in [0.29, 0.717) is 36.4 Å². The Bertz CT molecular complexity index is 1930. The molecule has 0 saturated carbocycles. The quantitative estimate of drug-likeness (QED) is 0.0343. The molecular weight excluding hydrogens is 853 g/mol. The molecule has 1 aromatic heterocycles. The van der Waals surface area contributed by atoms with Crippen LogP contribution in [0.5, 0.6) is 0 Å². The number of aliphatic carboxylic acids is 1. The fourth-order valence-electron chi connectivity index (χ4n) is 7.52. The van der Waals surface area contributed by atoms with Crippen LogP contribution in [0.4, 0.5) is 5.69 Å². The summed E-state index contributed by atoms with van der Waals surface area (Å²) in [5, 5.41) is 22.0. The van der Waals surface area contributed by atoms with Crippen molar-refractivity contribution in [3.63, 3.8) is 0 Å². The van der Waals surface area contributed by atoms with E-state index in [1.54, 1.807) is 43.5 Å². The minimum atomic E-state index is -1.20. The van der Waals surface area contributed by atoms with Gasteiger partial charge >= 0.3 is 11.9 Å². The largest absolute Gasteiger partial charge is 0.481 e. The highest BCUT2D eigenvalue weighted by molar-refractivity contribution is 7.09. The summed E-state index contributed by atoms with van der Waals surface area (Å²) >= 11 is 1.11. The summed E-state index contributed by atoms with van der Waals surface area (Å²) in [6.45, 7) is 16.6. The number of thiazole rings is 1. The van der Waals surface area contributed by atoms with Gasteiger partial charge in [0.25, 0.3) is 11.8 Å². The van der Waals surface area contributed by atoms with E-state index in [9.17, 15) is 33.9 Å². The van der Waals surface area contributed by atoms with Gasteiger partial charge < -0.3 is 30.5 Å². The number of unbranched alkanes of at least 4 members (excludes halogenated alkanes) is 1. The predicted molar refractivity (Wildman–Crippen MR) is 250 cm³/mol. The molecule has 1 fully saturated rings. The number of hydrogen-bond donors (Lipinski definition) is 4. The Morgan fingerprint density at radius 3 is 2.34 bits per heavy atom. The lowest BCUT2D eigenvalue weighted by atomic mass is 9.84. The SMILES string of the molecule is C#CCCCON(C(=O)[C@@H](NC(=O)[C@H]1CCCCN1C)[C@@H](C)CC)[C@H](C[C@@H](OC(C)=O)c1nc(C(=O)N[C@@H](Cc2ccc(NC(=O)COC(C)C)cc2)CC(C)(C)C(=O)O)cs1)C(C)C. The Morgan fingerprint density at radius 2 is 1.75 bits per heavy atom. The number of hydroxylamine groups is 2. The molecule has 3 rings (SSSR count). The third kappa shape index (κ3) is 17.5. The highest BCUT2D eigenvalue weighted by Gasteiger charge is 2.40. The molecule has 0 spiro atoms. The molecule has 360 valence electrons. The molecule has 1 aliphatic heterocycles. The average molecular weight is 925 g/mol. The molecule has 2 aromatic rings. The van der Waals surface area contributed by atoms with Gasteiger partial charge in [0, 0.05) is 36.9 Å². The number of amides is 4. The molecule has 0 radical (unpaired) electrons. The lowest BCUT2D eigenvalue weighted by molar-refractivity contribution is -0.213. The second kappa shape index (κ2) is 26.3. The van der Waals surface area contributed by atoms with Gasteiger partial charge in [0.1, 0.15) is 23.4 Å². The first-order valence-electron chi connectivity index (χ1n) is 22.7. The van der Waals surface area contributed by atoms with Gasteiger partial charge in [0.15, 0.2) is 6.10 Å². The van der Waals surface area contributed by atoms with Crippen LogP contribution in [-0.2, 0) is 44.7 Å². The maximum absolute atomic E-state index is 14.8. The van der Waals surface area contributed by atoms with Crippen molar-refractivity contribution in [2.24, 2.45) is 17.3 Å². The number of piperidine rings is 1. The van der Waals surface area contributed by atoms with E-state index in [4.69, 9.17) is 20.7 Å².